The first-order valence-electron chi connectivity index (χ1n) is 3.65. The number of hydrogen-bond acceptors (Lipinski definition) is 4. The summed E-state index contributed by atoms with van der Waals surface area (Å²) in [7, 11) is 1.55. The van der Waals surface area contributed by atoms with Crippen LogP contribution in [0.2, 0.25) is 0 Å². The molecule has 0 amide bonds. The Kier molecular flexibility index (Phi) is 1.91. The number of fused-ring (bicyclic) bond motifs is 1. The molecule has 2 rings (SSSR count). The van der Waals surface area contributed by atoms with Crippen LogP contribution < -0.4 is 4.74 Å². The van der Waals surface area contributed by atoms with E-state index < -0.39 is 0 Å². The maximum Gasteiger partial charge on any atom is 0.245 e. The number of hydrogen-bond donors (Lipinski definition) is 1. The van der Waals surface area contributed by atoms with E-state index in [9.17, 15) is 0 Å². The second-order valence-corrected chi connectivity index (χ2v) is 3.31. The summed E-state index contributed by atoms with van der Waals surface area (Å²) in [5.74, 6) is 0.473. The van der Waals surface area contributed by atoms with Gasteiger partial charge in [-0.15, -0.1) is 10.2 Å². The molecule has 68 valence electrons. The Balaban J connectivity index is 2.88. The summed E-state index contributed by atoms with van der Waals surface area (Å²) in [6, 6.07) is 0. The molecular weight excluding hydrogens is 236 g/mol. The molecule has 0 radical (unpaired) electrons. The van der Waals surface area contributed by atoms with Crippen molar-refractivity contribution in [2.24, 2.45) is 0 Å². The summed E-state index contributed by atoms with van der Waals surface area (Å²) < 4.78 is 5.75. The van der Waals surface area contributed by atoms with E-state index in [1.165, 1.54) is 0 Å². The fourth-order valence-corrected chi connectivity index (χ4v) is 1.60. The molecule has 2 aromatic rings. The van der Waals surface area contributed by atoms with Crippen LogP contribution in [0.15, 0.2) is 4.60 Å². The minimum Gasteiger partial charge on any atom is -0.479 e. The molecule has 1 N–H and O–H groups in total. The van der Waals surface area contributed by atoms with Gasteiger partial charge in [0.2, 0.25) is 5.88 Å². The first-order valence-corrected chi connectivity index (χ1v) is 4.44. The van der Waals surface area contributed by atoms with Gasteiger partial charge in [0.25, 0.3) is 0 Å². The van der Waals surface area contributed by atoms with Gasteiger partial charge in [-0.25, -0.2) is 0 Å². The number of aryl methyl sites for hydroxylation is 1. The van der Waals surface area contributed by atoms with E-state index in [1.807, 2.05) is 6.92 Å². The Labute approximate surface area is 82.6 Å². The molecule has 0 aliphatic heterocycles. The van der Waals surface area contributed by atoms with E-state index >= 15 is 0 Å². The smallest absolute Gasteiger partial charge is 0.245 e. The molecule has 2 aromatic heterocycles. The van der Waals surface area contributed by atoms with Crippen molar-refractivity contribution in [1.29, 1.82) is 0 Å². The highest BCUT2D eigenvalue weighted by Gasteiger charge is 2.12. The number of H-pyrrole nitrogens is 1. The average molecular weight is 243 g/mol. The van der Waals surface area contributed by atoms with E-state index in [1.54, 1.807) is 7.11 Å². The van der Waals surface area contributed by atoms with Crippen molar-refractivity contribution >= 4 is 26.8 Å². The van der Waals surface area contributed by atoms with E-state index in [0.717, 1.165) is 16.6 Å². The third kappa shape index (κ3) is 1.17. The number of ether oxygens (including phenoxy) is 1. The number of aromatic amines is 1. The number of rotatable bonds is 1. The standard InChI is InChI=1S/C7H7BrN4O/c1-3-5-4(6(8)11-10-5)7(13-2)12-9-3/h1-2H3,(H,10,11). The lowest BCUT2D eigenvalue weighted by Gasteiger charge is -1.99. The molecule has 5 nitrogen and oxygen atoms in total. The van der Waals surface area contributed by atoms with Gasteiger partial charge < -0.3 is 4.74 Å². The van der Waals surface area contributed by atoms with Gasteiger partial charge in [0.15, 0.2) is 0 Å². The van der Waals surface area contributed by atoms with E-state index in [0.29, 0.717) is 10.5 Å². The topological polar surface area (TPSA) is 63.7 Å². The summed E-state index contributed by atoms with van der Waals surface area (Å²) >= 11 is 3.30. The lowest BCUT2D eigenvalue weighted by Crippen LogP contribution is -1.94. The zero-order valence-corrected chi connectivity index (χ0v) is 8.71. The predicted molar refractivity (Wildman–Crippen MR) is 50.7 cm³/mol. The molecule has 0 saturated heterocycles. The monoisotopic (exact) mass is 242 g/mol. The van der Waals surface area contributed by atoms with Crippen LogP contribution in [0.1, 0.15) is 5.69 Å². The fourth-order valence-electron chi connectivity index (χ4n) is 1.14. The minimum absolute atomic E-state index is 0.473. The van der Waals surface area contributed by atoms with Crippen molar-refractivity contribution in [2.45, 2.75) is 6.92 Å². The van der Waals surface area contributed by atoms with Gasteiger partial charge >= 0.3 is 0 Å². The second-order valence-electron chi connectivity index (χ2n) is 2.56. The Morgan fingerprint density at radius 2 is 2.15 bits per heavy atom. The first kappa shape index (κ1) is 8.43. The van der Waals surface area contributed by atoms with Gasteiger partial charge in [0, 0.05) is 0 Å². The van der Waals surface area contributed by atoms with Gasteiger partial charge in [-0.05, 0) is 22.9 Å². The Morgan fingerprint density at radius 3 is 2.85 bits per heavy atom. The Bertz CT molecular complexity index is 453. The van der Waals surface area contributed by atoms with Gasteiger partial charge in [-0.3, -0.25) is 5.10 Å². The first-order chi connectivity index (χ1) is 6.24. The SMILES string of the molecule is COc1nnc(C)c2[nH]nc(Br)c12. The zero-order valence-electron chi connectivity index (χ0n) is 7.13. The lowest BCUT2D eigenvalue weighted by molar-refractivity contribution is 0.397. The summed E-state index contributed by atoms with van der Waals surface area (Å²) in [4.78, 5) is 0. The molecule has 0 saturated carbocycles. The van der Waals surface area contributed by atoms with Crippen molar-refractivity contribution < 1.29 is 4.74 Å². The number of nitrogens with zero attached hydrogens (tertiary/aromatic N) is 3. The van der Waals surface area contributed by atoms with E-state index in [2.05, 4.69) is 36.3 Å². The van der Waals surface area contributed by atoms with Crippen molar-refractivity contribution in [3.8, 4) is 5.88 Å². The average Bonchev–Trinajstić information content (AvgIpc) is 2.51. The summed E-state index contributed by atoms with van der Waals surface area (Å²) in [6.07, 6.45) is 0. The Morgan fingerprint density at radius 1 is 1.38 bits per heavy atom. The molecule has 13 heavy (non-hydrogen) atoms. The number of nitrogens with one attached hydrogen (secondary N) is 1. The third-order valence-electron chi connectivity index (χ3n) is 1.78. The van der Waals surface area contributed by atoms with E-state index in [-0.39, 0.29) is 0 Å². The summed E-state index contributed by atoms with van der Waals surface area (Å²) in [6.45, 7) is 1.86. The van der Waals surface area contributed by atoms with Crippen LogP contribution in [0, 0.1) is 6.92 Å². The lowest BCUT2D eigenvalue weighted by atomic mass is 10.3. The van der Waals surface area contributed by atoms with Crippen molar-refractivity contribution in [2.75, 3.05) is 7.11 Å². The maximum absolute atomic E-state index is 5.06. The van der Waals surface area contributed by atoms with Gasteiger partial charge in [0.1, 0.15) is 4.60 Å². The van der Waals surface area contributed by atoms with Gasteiger partial charge in [0.05, 0.1) is 23.7 Å². The molecule has 0 fully saturated rings. The highest BCUT2D eigenvalue weighted by Crippen LogP contribution is 2.28. The molecule has 0 atom stereocenters. The van der Waals surface area contributed by atoms with Crippen LogP contribution in [-0.2, 0) is 0 Å². The van der Waals surface area contributed by atoms with Gasteiger partial charge in [-0.2, -0.15) is 5.10 Å². The minimum atomic E-state index is 0.473. The number of halogens is 1. The normalized spacial score (nSPS) is 10.7. The van der Waals surface area contributed by atoms with Crippen LogP contribution in [0.5, 0.6) is 5.88 Å². The van der Waals surface area contributed by atoms with Crippen molar-refractivity contribution in [1.82, 2.24) is 20.4 Å². The zero-order chi connectivity index (χ0) is 9.42. The molecule has 0 unspecified atom stereocenters. The molecule has 2 heterocycles. The number of methoxy groups -OCH3 is 1. The molecule has 6 heteroatoms. The quantitative estimate of drug-likeness (QED) is 0.822. The summed E-state index contributed by atoms with van der Waals surface area (Å²) in [5.41, 5.74) is 1.65. The van der Waals surface area contributed by atoms with Crippen molar-refractivity contribution in [3.63, 3.8) is 0 Å². The van der Waals surface area contributed by atoms with Crippen LogP contribution in [0.4, 0.5) is 0 Å². The highest BCUT2D eigenvalue weighted by atomic mass is 79.9. The van der Waals surface area contributed by atoms with Crippen LogP contribution in [0.25, 0.3) is 10.9 Å². The van der Waals surface area contributed by atoms with Crippen LogP contribution in [0.3, 0.4) is 0 Å². The molecule has 0 aliphatic rings. The molecule has 0 aromatic carbocycles. The molecular formula is C7H7BrN4O. The fraction of sp³-hybridized carbons (Fsp3) is 0.286. The van der Waals surface area contributed by atoms with Crippen molar-refractivity contribution in [3.05, 3.63) is 10.3 Å². The molecule has 0 aliphatic carbocycles. The molecule has 0 bridgehead atoms. The van der Waals surface area contributed by atoms with Gasteiger partial charge in [-0.1, -0.05) is 0 Å². The second kappa shape index (κ2) is 2.95. The third-order valence-corrected chi connectivity index (χ3v) is 2.36. The molecule has 0 spiro atoms. The van der Waals surface area contributed by atoms with Crippen LogP contribution >= 0.6 is 15.9 Å². The Hall–Kier alpha value is -1.17. The van der Waals surface area contributed by atoms with E-state index in [4.69, 9.17) is 4.74 Å². The van der Waals surface area contributed by atoms with Crippen LogP contribution in [-0.4, -0.2) is 27.5 Å². The highest BCUT2D eigenvalue weighted by molar-refractivity contribution is 9.10. The summed E-state index contributed by atoms with van der Waals surface area (Å²) in [5, 5.41) is 15.5. The maximum atomic E-state index is 5.06. The number of aromatic nitrogens is 4. The largest absolute Gasteiger partial charge is 0.479 e. The predicted octanol–water partition coefficient (Wildman–Crippen LogP) is 1.43.